The number of hydrogen-bond donors (Lipinski definition) is 0. The lowest BCUT2D eigenvalue weighted by Crippen LogP contribution is -2.55. The van der Waals surface area contributed by atoms with E-state index in [9.17, 15) is 0 Å². The predicted molar refractivity (Wildman–Crippen MR) is 138 cm³/mol. The van der Waals surface area contributed by atoms with Gasteiger partial charge in [0.25, 0.3) is 0 Å². The van der Waals surface area contributed by atoms with Crippen LogP contribution in [0.1, 0.15) is 54.9 Å². The molecule has 0 radical (unpaired) electrons. The molecule has 6 heteroatoms. The highest BCUT2D eigenvalue weighted by molar-refractivity contribution is 6.83. The minimum atomic E-state index is -0.593. The van der Waals surface area contributed by atoms with Gasteiger partial charge >= 0.3 is 21.4 Å². The van der Waals surface area contributed by atoms with E-state index in [1.807, 2.05) is 84.0 Å². The van der Waals surface area contributed by atoms with Gasteiger partial charge in [-0.3, -0.25) is 0 Å². The van der Waals surface area contributed by atoms with Crippen LogP contribution in [0.4, 0.5) is 0 Å². The second-order valence-corrected chi connectivity index (χ2v) is 5.24. The van der Waals surface area contributed by atoms with Crippen molar-refractivity contribution in [3.63, 3.8) is 0 Å². The average molecular weight is 408 g/mol. The summed E-state index contributed by atoms with van der Waals surface area (Å²) in [6.45, 7) is 25.5. The van der Waals surface area contributed by atoms with Gasteiger partial charge in [0.15, 0.2) is 0 Å². The van der Waals surface area contributed by atoms with E-state index in [1.54, 1.807) is 18.2 Å². The van der Waals surface area contributed by atoms with Gasteiger partial charge in [-0.2, -0.15) is 0 Å². The van der Waals surface area contributed by atoms with E-state index in [0.29, 0.717) is 0 Å². The normalized spacial score (nSPS) is 13.5. The van der Waals surface area contributed by atoms with Gasteiger partial charge in [-0.15, -0.1) is 0 Å². The van der Waals surface area contributed by atoms with E-state index in [2.05, 4.69) is 26.7 Å². The SMILES string of the molecule is C=C/C=C(\C=C)B1OB(/C(C=C)=C/CC)OB(c2ccccc2)O1.CC.CC.CC. The van der Waals surface area contributed by atoms with Gasteiger partial charge in [-0.05, 0) is 22.8 Å². The molecule has 1 aliphatic rings. The van der Waals surface area contributed by atoms with Crippen molar-refractivity contribution in [2.75, 3.05) is 0 Å². The Morgan fingerprint density at radius 1 is 0.800 bits per heavy atom. The zero-order valence-corrected chi connectivity index (χ0v) is 20.1. The molecule has 3 nitrogen and oxygen atoms in total. The van der Waals surface area contributed by atoms with Crippen molar-refractivity contribution < 1.29 is 13.7 Å². The molecule has 2 rings (SSSR count). The molecule has 162 valence electrons. The van der Waals surface area contributed by atoms with E-state index in [1.165, 1.54) is 0 Å². The zero-order chi connectivity index (χ0) is 23.4. The van der Waals surface area contributed by atoms with Gasteiger partial charge in [-0.25, -0.2) is 0 Å². The first-order chi connectivity index (χ1) is 14.7. The van der Waals surface area contributed by atoms with Gasteiger partial charge in [0.2, 0.25) is 0 Å². The summed E-state index contributed by atoms with van der Waals surface area (Å²) in [5.41, 5.74) is 2.60. The summed E-state index contributed by atoms with van der Waals surface area (Å²) in [7, 11) is -1.69. The van der Waals surface area contributed by atoms with Crippen LogP contribution in [0.25, 0.3) is 0 Å². The van der Waals surface area contributed by atoms with Crippen LogP contribution >= 0.6 is 0 Å². The van der Waals surface area contributed by atoms with E-state index in [-0.39, 0.29) is 0 Å². The van der Waals surface area contributed by atoms with Crippen molar-refractivity contribution >= 4 is 26.8 Å². The molecule has 1 fully saturated rings. The summed E-state index contributed by atoms with van der Waals surface area (Å²) in [5.74, 6) is 0. The monoisotopic (exact) mass is 408 g/mol. The molecule has 1 saturated heterocycles. The van der Waals surface area contributed by atoms with Crippen LogP contribution in [0.15, 0.2) is 91.4 Å². The molecule has 0 aromatic heterocycles. The van der Waals surface area contributed by atoms with Crippen molar-refractivity contribution in [1.82, 2.24) is 0 Å². The Kier molecular flexibility index (Phi) is 20.4. The molecule has 1 aromatic rings. The molecular formula is C24H39B3O3. The van der Waals surface area contributed by atoms with Crippen molar-refractivity contribution in [2.45, 2.75) is 54.9 Å². The Morgan fingerprint density at radius 2 is 1.30 bits per heavy atom. The number of benzene rings is 1. The third kappa shape index (κ3) is 10.2. The molecule has 0 aliphatic carbocycles. The minimum absolute atomic E-state index is 0.539. The fourth-order valence-electron chi connectivity index (χ4n) is 2.40. The van der Waals surface area contributed by atoms with E-state index in [4.69, 9.17) is 13.7 Å². The molecule has 0 N–H and O–H groups in total. The van der Waals surface area contributed by atoms with Gasteiger partial charge in [0.1, 0.15) is 0 Å². The fraction of sp³-hybridized carbons (Fsp3) is 0.333. The lowest BCUT2D eigenvalue weighted by Gasteiger charge is -2.32. The zero-order valence-electron chi connectivity index (χ0n) is 20.1. The Balaban J connectivity index is 0. The van der Waals surface area contributed by atoms with Gasteiger partial charge in [0.05, 0.1) is 0 Å². The molecule has 0 unspecified atom stereocenters. The highest BCUT2D eigenvalue weighted by Crippen LogP contribution is 2.20. The van der Waals surface area contributed by atoms with E-state index >= 15 is 0 Å². The van der Waals surface area contributed by atoms with Crippen LogP contribution in [0, 0.1) is 0 Å². The molecule has 0 amide bonds. The smallest absolute Gasteiger partial charge is 0.445 e. The Morgan fingerprint density at radius 3 is 1.73 bits per heavy atom. The molecule has 0 saturated carbocycles. The predicted octanol–water partition coefficient (Wildman–Crippen LogP) is 6.40. The second kappa shape index (κ2) is 20.3. The summed E-state index contributed by atoms with van der Waals surface area (Å²) in [4.78, 5) is 0. The molecular weight excluding hydrogens is 369 g/mol. The van der Waals surface area contributed by atoms with E-state index in [0.717, 1.165) is 22.8 Å². The summed E-state index contributed by atoms with van der Waals surface area (Å²) in [6, 6.07) is 9.78. The molecule has 30 heavy (non-hydrogen) atoms. The van der Waals surface area contributed by atoms with Crippen LogP contribution in [0.3, 0.4) is 0 Å². The maximum absolute atomic E-state index is 6.01. The molecule has 0 atom stereocenters. The molecule has 1 aromatic carbocycles. The van der Waals surface area contributed by atoms with Crippen LogP contribution in [-0.2, 0) is 13.7 Å². The first-order valence-electron chi connectivity index (χ1n) is 11.0. The Hall–Kier alpha value is -2.01. The summed E-state index contributed by atoms with van der Waals surface area (Å²) >= 11 is 0. The van der Waals surface area contributed by atoms with Crippen molar-refractivity contribution in [3.8, 4) is 0 Å². The first kappa shape index (κ1) is 30.2. The lowest BCUT2D eigenvalue weighted by atomic mass is 9.60. The number of hydrogen-bond acceptors (Lipinski definition) is 3. The molecule has 0 bridgehead atoms. The quantitative estimate of drug-likeness (QED) is 0.386. The van der Waals surface area contributed by atoms with Gasteiger partial charge < -0.3 is 13.7 Å². The Bertz CT molecular complexity index is 642. The second-order valence-electron chi connectivity index (χ2n) is 5.24. The van der Waals surface area contributed by atoms with Crippen molar-refractivity contribution in [1.29, 1.82) is 0 Å². The standard InChI is InChI=1S/C18H21B3O3.3C2H6/c1-5-12-16(7-3)19-22-20(17(8-4)13-6-2)24-21(23-19)18-14-10-9-11-15-18;3*1-2/h5,7-15H,1,3-4,6H2,2H3;3*1-2H3/b16-12+,17-13+;;;. The minimum Gasteiger partial charge on any atom is -0.445 e. The van der Waals surface area contributed by atoms with Crippen LogP contribution in [0.5, 0.6) is 0 Å². The van der Waals surface area contributed by atoms with Crippen molar-refractivity contribution in [2.24, 2.45) is 0 Å². The third-order valence-electron chi connectivity index (χ3n) is 3.58. The van der Waals surface area contributed by atoms with Gasteiger partial charge in [0, 0.05) is 0 Å². The number of rotatable bonds is 7. The fourth-order valence-corrected chi connectivity index (χ4v) is 2.40. The summed E-state index contributed by atoms with van der Waals surface area (Å²) < 4.78 is 18.0. The largest absolute Gasteiger partial charge is 0.467 e. The van der Waals surface area contributed by atoms with Crippen molar-refractivity contribution in [3.05, 3.63) is 91.4 Å². The molecule has 0 spiro atoms. The van der Waals surface area contributed by atoms with Crippen LogP contribution in [0.2, 0.25) is 0 Å². The Labute approximate surface area is 187 Å². The average Bonchev–Trinajstić information content (AvgIpc) is 2.85. The topological polar surface area (TPSA) is 27.7 Å². The molecule has 1 heterocycles. The highest BCUT2D eigenvalue weighted by Gasteiger charge is 2.43. The third-order valence-corrected chi connectivity index (χ3v) is 3.58. The van der Waals surface area contributed by atoms with E-state index < -0.39 is 21.4 Å². The number of allylic oxidation sites excluding steroid dienone is 7. The first-order valence-corrected chi connectivity index (χ1v) is 11.0. The highest BCUT2D eigenvalue weighted by atomic mass is 16.7. The summed E-state index contributed by atoms with van der Waals surface area (Å²) in [5, 5.41) is 0. The van der Waals surface area contributed by atoms with Crippen LogP contribution in [-0.4, -0.2) is 21.4 Å². The van der Waals surface area contributed by atoms with Crippen LogP contribution < -0.4 is 5.46 Å². The lowest BCUT2D eigenvalue weighted by molar-refractivity contribution is 0.303. The summed E-state index contributed by atoms with van der Waals surface area (Å²) in [6.07, 6.45) is 9.86. The maximum atomic E-state index is 6.01. The molecule has 1 aliphatic heterocycles. The van der Waals surface area contributed by atoms with Gasteiger partial charge in [-0.1, -0.05) is 129 Å². The maximum Gasteiger partial charge on any atom is 0.467 e.